The van der Waals surface area contributed by atoms with Crippen molar-refractivity contribution in [1.29, 1.82) is 0 Å². The fourth-order valence-electron chi connectivity index (χ4n) is 4.30. The SMILES string of the molecule is COC(=O)c1cc(-c2nc(Nc3ccnn3C)ncc2C)cn1CC1(NC(=O)OCc2ccccc2)COC1. The standard InChI is InChI=1S/C27H29N7O5/c1-18-12-28-25(30-22-9-10-29-33(22)2)31-23(18)20-11-21(24(35)37-3)34(13-20)15-27(16-38-17-27)32-26(36)39-14-19-7-5-4-6-8-19/h4-13H,14-17H2,1-3H3,(H,32,36)(H,28,30,31). The lowest BCUT2D eigenvalue weighted by atomic mass is 9.97. The Balaban J connectivity index is 1.37. The fraction of sp³-hybridized carbons (Fsp3) is 0.296. The molecule has 39 heavy (non-hydrogen) atoms. The molecule has 0 unspecified atom stereocenters. The van der Waals surface area contributed by atoms with Crippen molar-refractivity contribution in [1.82, 2.24) is 29.6 Å². The first-order chi connectivity index (χ1) is 18.9. The number of hydrogen-bond acceptors (Lipinski definition) is 9. The van der Waals surface area contributed by atoms with Crippen LogP contribution in [0, 0.1) is 6.92 Å². The number of benzene rings is 1. The third-order valence-electron chi connectivity index (χ3n) is 6.41. The Morgan fingerprint density at radius 1 is 1.18 bits per heavy atom. The van der Waals surface area contributed by atoms with Crippen molar-refractivity contribution in [3.05, 3.63) is 77.9 Å². The van der Waals surface area contributed by atoms with E-state index in [1.54, 1.807) is 27.7 Å². The van der Waals surface area contributed by atoms with E-state index >= 15 is 0 Å². The van der Waals surface area contributed by atoms with Crippen molar-refractivity contribution in [2.45, 2.75) is 25.6 Å². The minimum atomic E-state index is -0.750. The fourth-order valence-corrected chi connectivity index (χ4v) is 4.30. The van der Waals surface area contributed by atoms with E-state index in [2.05, 4.69) is 25.7 Å². The Bertz CT molecular complexity index is 1480. The number of anilines is 2. The molecule has 1 aromatic carbocycles. The topological polar surface area (TPSA) is 134 Å². The van der Waals surface area contributed by atoms with Crippen LogP contribution in [0.25, 0.3) is 11.3 Å². The van der Waals surface area contributed by atoms with Crippen LogP contribution >= 0.6 is 0 Å². The van der Waals surface area contributed by atoms with Gasteiger partial charge in [-0.15, -0.1) is 0 Å². The second kappa shape index (κ2) is 11.0. The van der Waals surface area contributed by atoms with Crippen LogP contribution in [-0.2, 0) is 34.4 Å². The van der Waals surface area contributed by atoms with Gasteiger partial charge in [0.2, 0.25) is 5.95 Å². The van der Waals surface area contributed by atoms with Crippen LogP contribution in [0.4, 0.5) is 16.6 Å². The zero-order valence-corrected chi connectivity index (χ0v) is 21.9. The van der Waals surface area contributed by atoms with Crippen molar-refractivity contribution in [3.8, 4) is 11.3 Å². The first-order valence-electron chi connectivity index (χ1n) is 12.3. The zero-order valence-electron chi connectivity index (χ0n) is 21.9. The van der Waals surface area contributed by atoms with E-state index in [4.69, 9.17) is 14.2 Å². The van der Waals surface area contributed by atoms with Crippen molar-refractivity contribution < 1.29 is 23.8 Å². The molecule has 3 aromatic heterocycles. The van der Waals surface area contributed by atoms with E-state index < -0.39 is 17.6 Å². The predicted octanol–water partition coefficient (Wildman–Crippen LogP) is 3.21. The molecule has 1 amide bonds. The summed E-state index contributed by atoms with van der Waals surface area (Å²) in [5.74, 6) is 0.608. The lowest BCUT2D eigenvalue weighted by Crippen LogP contribution is -2.64. The maximum absolute atomic E-state index is 12.7. The van der Waals surface area contributed by atoms with E-state index in [0.29, 0.717) is 22.9 Å². The van der Waals surface area contributed by atoms with Gasteiger partial charge >= 0.3 is 12.1 Å². The van der Waals surface area contributed by atoms with Crippen molar-refractivity contribution in [2.75, 3.05) is 25.6 Å². The first kappa shape index (κ1) is 25.9. The Hall–Kier alpha value is -4.71. The number of nitrogens with zero attached hydrogens (tertiary/aromatic N) is 5. The van der Waals surface area contributed by atoms with Crippen LogP contribution in [0.15, 0.2) is 61.1 Å². The number of alkyl carbamates (subject to hydrolysis) is 1. The monoisotopic (exact) mass is 531 g/mol. The Kier molecular flexibility index (Phi) is 7.28. The number of amides is 1. The molecule has 2 N–H and O–H groups in total. The van der Waals surface area contributed by atoms with Crippen LogP contribution in [0.1, 0.15) is 21.6 Å². The lowest BCUT2D eigenvalue weighted by Gasteiger charge is -2.42. The number of ether oxygens (including phenoxy) is 3. The maximum Gasteiger partial charge on any atom is 0.408 e. The average Bonchev–Trinajstić information content (AvgIpc) is 3.53. The van der Waals surface area contributed by atoms with E-state index in [1.807, 2.05) is 56.6 Å². The van der Waals surface area contributed by atoms with Gasteiger partial charge in [0.25, 0.3) is 0 Å². The number of rotatable bonds is 9. The minimum Gasteiger partial charge on any atom is -0.464 e. The molecule has 12 heteroatoms. The molecule has 0 saturated carbocycles. The highest BCUT2D eigenvalue weighted by molar-refractivity contribution is 5.90. The van der Waals surface area contributed by atoms with E-state index in [0.717, 1.165) is 16.9 Å². The molecule has 12 nitrogen and oxygen atoms in total. The molecule has 1 aliphatic heterocycles. The average molecular weight is 532 g/mol. The number of carbonyl (C=O) groups is 2. The highest BCUT2D eigenvalue weighted by Gasteiger charge is 2.42. The van der Waals surface area contributed by atoms with Gasteiger partial charge < -0.3 is 29.4 Å². The zero-order chi connectivity index (χ0) is 27.4. The number of esters is 1. The van der Waals surface area contributed by atoms with Crippen LogP contribution in [-0.4, -0.2) is 62.2 Å². The van der Waals surface area contributed by atoms with Crippen molar-refractivity contribution in [2.24, 2.45) is 7.05 Å². The molecule has 0 atom stereocenters. The number of methoxy groups -OCH3 is 1. The Morgan fingerprint density at radius 3 is 2.64 bits per heavy atom. The van der Waals surface area contributed by atoms with E-state index in [9.17, 15) is 9.59 Å². The summed E-state index contributed by atoms with van der Waals surface area (Å²) in [6.07, 6.45) is 4.63. The number of aryl methyl sites for hydroxylation is 2. The quantitative estimate of drug-likeness (QED) is 0.312. The molecule has 5 rings (SSSR count). The third kappa shape index (κ3) is 5.75. The van der Waals surface area contributed by atoms with Crippen LogP contribution < -0.4 is 10.6 Å². The minimum absolute atomic E-state index is 0.146. The van der Waals surface area contributed by atoms with Gasteiger partial charge in [-0.3, -0.25) is 4.68 Å². The summed E-state index contributed by atoms with van der Waals surface area (Å²) in [6.45, 7) is 2.85. The molecule has 0 bridgehead atoms. The first-order valence-corrected chi connectivity index (χ1v) is 12.3. The van der Waals surface area contributed by atoms with Crippen LogP contribution in [0.5, 0.6) is 0 Å². The summed E-state index contributed by atoms with van der Waals surface area (Å²) in [5.41, 5.74) is 2.62. The summed E-state index contributed by atoms with van der Waals surface area (Å²) in [6, 6.07) is 13.0. The van der Waals surface area contributed by atoms with Gasteiger partial charge in [-0.05, 0) is 24.1 Å². The van der Waals surface area contributed by atoms with Crippen molar-refractivity contribution in [3.63, 3.8) is 0 Å². The van der Waals surface area contributed by atoms with Crippen LogP contribution in [0.2, 0.25) is 0 Å². The number of carbonyl (C=O) groups excluding carboxylic acids is 2. The third-order valence-corrected chi connectivity index (χ3v) is 6.41. The molecular weight excluding hydrogens is 502 g/mol. The number of aromatic nitrogens is 5. The van der Waals surface area contributed by atoms with Gasteiger partial charge in [0, 0.05) is 31.1 Å². The second-order valence-electron chi connectivity index (χ2n) is 9.38. The van der Waals surface area contributed by atoms with Gasteiger partial charge in [-0.2, -0.15) is 5.10 Å². The second-order valence-corrected chi connectivity index (χ2v) is 9.38. The normalized spacial score (nSPS) is 13.8. The maximum atomic E-state index is 12.7. The highest BCUT2D eigenvalue weighted by Crippen LogP contribution is 2.28. The molecule has 1 aliphatic rings. The summed E-state index contributed by atoms with van der Waals surface area (Å²) >= 11 is 0. The Morgan fingerprint density at radius 2 is 1.97 bits per heavy atom. The smallest absolute Gasteiger partial charge is 0.408 e. The largest absolute Gasteiger partial charge is 0.464 e. The molecule has 0 spiro atoms. The summed E-state index contributed by atoms with van der Waals surface area (Å²) < 4.78 is 19.3. The lowest BCUT2D eigenvalue weighted by molar-refractivity contribution is -0.0802. The van der Waals surface area contributed by atoms with E-state index in [-0.39, 0.29) is 26.4 Å². The van der Waals surface area contributed by atoms with Crippen molar-refractivity contribution >= 4 is 23.8 Å². The number of nitrogens with one attached hydrogen (secondary N) is 2. The summed E-state index contributed by atoms with van der Waals surface area (Å²) in [5, 5.41) is 10.2. The molecule has 0 radical (unpaired) electrons. The van der Waals surface area contributed by atoms with Gasteiger partial charge in [0.1, 0.15) is 23.7 Å². The summed E-state index contributed by atoms with van der Waals surface area (Å²) in [7, 11) is 3.14. The highest BCUT2D eigenvalue weighted by atomic mass is 16.6. The molecular formula is C27H29N7O5. The van der Waals surface area contributed by atoms with E-state index in [1.165, 1.54) is 7.11 Å². The molecule has 4 aromatic rings. The van der Waals surface area contributed by atoms with Gasteiger partial charge in [-0.1, -0.05) is 30.3 Å². The van der Waals surface area contributed by atoms with Crippen LogP contribution in [0.3, 0.4) is 0 Å². The number of hydrogen-bond donors (Lipinski definition) is 2. The van der Waals surface area contributed by atoms with Gasteiger partial charge in [0.15, 0.2) is 0 Å². The molecule has 202 valence electrons. The predicted molar refractivity (Wildman–Crippen MR) is 141 cm³/mol. The van der Waals surface area contributed by atoms with Gasteiger partial charge in [-0.25, -0.2) is 19.6 Å². The summed E-state index contributed by atoms with van der Waals surface area (Å²) in [4.78, 5) is 34.4. The molecule has 4 heterocycles. The molecule has 0 aliphatic carbocycles. The molecule has 1 saturated heterocycles. The Labute approximate surface area is 224 Å². The van der Waals surface area contributed by atoms with Gasteiger partial charge in [0.05, 0.1) is 38.8 Å². The molecule has 1 fully saturated rings.